The first kappa shape index (κ1) is 28.7. The second-order valence-electron chi connectivity index (χ2n) is 9.37. The highest BCUT2D eigenvalue weighted by molar-refractivity contribution is 7.92. The fourth-order valence-electron chi connectivity index (χ4n) is 3.88. The minimum absolute atomic E-state index is 0.0191. The van der Waals surface area contributed by atoms with E-state index in [0.29, 0.717) is 11.4 Å². The third-order valence-corrected chi connectivity index (χ3v) is 7.83. The van der Waals surface area contributed by atoms with Crippen LogP contribution in [0.3, 0.4) is 0 Å². The molecule has 9 heteroatoms. The van der Waals surface area contributed by atoms with Gasteiger partial charge in [-0.05, 0) is 69.7 Å². The molecule has 0 bridgehead atoms. The summed E-state index contributed by atoms with van der Waals surface area (Å²) in [4.78, 5) is 28.2. The average Bonchev–Trinajstić information content (AvgIpc) is 2.90. The zero-order valence-electron chi connectivity index (χ0n) is 22.4. The number of methoxy groups -OCH3 is 1. The highest BCUT2D eigenvalue weighted by atomic mass is 32.2. The van der Waals surface area contributed by atoms with Gasteiger partial charge in [-0.2, -0.15) is 0 Å². The van der Waals surface area contributed by atoms with Crippen LogP contribution in [0.5, 0.6) is 5.75 Å². The van der Waals surface area contributed by atoms with Gasteiger partial charge in [0.15, 0.2) is 0 Å². The van der Waals surface area contributed by atoms with E-state index in [9.17, 15) is 18.0 Å². The lowest BCUT2D eigenvalue weighted by Crippen LogP contribution is -2.52. The van der Waals surface area contributed by atoms with Gasteiger partial charge in [0.1, 0.15) is 18.3 Å². The van der Waals surface area contributed by atoms with Crippen molar-refractivity contribution < 1.29 is 22.7 Å². The average molecular weight is 538 g/mol. The summed E-state index contributed by atoms with van der Waals surface area (Å²) in [7, 11) is -2.62. The van der Waals surface area contributed by atoms with E-state index in [1.807, 2.05) is 45.0 Å². The predicted octanol–water partition coefficient (Wildman–Crippen LogP) is 4.14. The van der Waals surface area contributed by atoms with Crippen LogP contribution in [0.1, 0.15) is 31.9 Å². The SMILES string of the molecule is COc1ccc(S(=O)(=O)N(CC(=O)N(Cc2ccc(C)cc2)[C@H](C)C(=O)NC(C)C)c2ccccc2)cc1. The van der Waals surface area contributed by atoms with E-state index in [4.69, 9.17) is 4.74 Å². The topological polar surface area (TPSA) is 96.0 Å². The molecular weight excluding hydrogens is 502 g/mol. The smallest absolute Gasteiger partial charge is 0.264 e. The number of nitrogens with one attached hydrogen (secondary N) is 1. The van der Waals surface area contributed by atoms with Crippen molar-refractivity contribution in [2.45, 2.75) is 51.2 Å². The van der Waals surface area contributed by atoms with E-state index < -0.39 is 28.5 Å². The molecule has 3 aromatic rings. The zero-order chi connectivity index (χ0) is 27.9. The summed E-state index contributed by atoms with van der Waals surface area (Å²) in [5.41, 5.74) is 2.24. The fourth-order valence-corrected chi connectivity index (χ4v) is 5.29. The molecule has 2 amide bonds. The van der Waals surface area contributed by atoms with E-state index in [-0.39, 0.29) is 23.4 Å². The molecular formula is C29H35N3O5S. The number of nitrogens with zero attached hydrogens (tertiary/aromatic N) is 2. The Labute approximate surface area is 225 Å². The Bertz CT molecular complexity index is 1320. The lowest BCUT2D eigenvalue weighted by molar-refractivity contribution is -0.139. The molecule has 0 unspecified atom stereocenters. The third kappa shape index (κ3) is 7.13. The van der Waals surface area contributed by atoms with Crippen LogP contribution < -0.4 is 14.4 Å². The number of aryl methyl sites for hydroxylation is 1. The maximum absolute atomic E-state index is 13.8. The minimum Gasteiger partial charge on any atom is -0.497 e. The van der Waals surface area contributed by atoms with Crippen LogP contribution >= 0.6 is 0 Å². The summed E-state index contributed by atoms with van der Waals surface area (Å²) in [5, 5.41) is 2.85. The van der Waals surface area contributed by atoms with Crippen molar-refractivity contribution in [3.05, 3.63) is 90.0 Å². The van der Waals surface area contributed by atoms with Crippen LogP contribution in [0, 0.1) is 6.92 Å². The number of hydrogen-bond acceptors (Lipinski definition) is 5. The first-order chi connectivity index (χ1) is 18.0. The van der Waals surface area contributed by atoms with Crippen molar-refractivity contribution in [1.29, 1.82) is 0 Å². The van der Waals surface area contributed by atoms with Crippen LogP contribution in [0.15, 0.2) is 83.8 Å². The van der Waals surface area contributed by atoms with E-state index in [0.717, 1.165) is 15.4 Å². The highest BCUT2D eigenvalue weighted by Gasteiger charge is 2.32. The predicted molar refractivity (Wildman–Crippen MR) is 148 cm³/mol. The Hall–Kier alpha value is -3.85. The number of sulfonamides is 1. The second kappa shape index (κ2) is 12.6. The summed E-state index contributed by atoms with van der Waals surface area (Å²) in [5.74, 6) is -0.303. The lowest BCUT2D eigenvalue weighted by atomic mass is 10.1. The van der Waals surface area contributed by atoms with Crippen molar-refractivity contribution in [3.8, 4) is 5.75 Å². The number of hydrogen-bond donors (Lipinski definition) is 1. The van der Waals surface area contributed by atoms with Gasteiger partial charge in [0, 0.05) is 12.6 Å². The standard InChI is InChI=1S/C29H35N3O5S/c1-21(2)30-29(34)23(4)31(19-24-13-11-22(3)12-14-24)28(33)20-32(25-9-7-6-8-10-25)38(35,36)27-17-15-26(37-5)16-18-27/h6-18,21,23H,19-20H2,1-5H3,(H,30,34)/t23-/m1/s1. The molecule has 0 heterocycles. The van der Waals surface area contributed by atoms with Gasteiger partial charge in [0.2, 0.25) is 11.8 Å². The Balaban J connectivity index is 1.99. The molecule has 0 aliphatic rings. The molecule has 3 rings (SSSR count). The molecule has 8 nitrogen and oxygen atoms in total. The molecule has 38 heavy (non-hydrogen) atoms. The Morgan fingerprint density at radius 3 is 2.05 bits per heavy atom. The maximum Gasteiger partial charge on any atom is 0.264 e. The van der Waals surface area contributed by atoms with Crippen LogP contribution in [-0.2, 0) is 26.2 Å². The third-order valence-electron chi connectivity index (χ3n) is 6.04. The molecule has 0 radical (unpaired) electrons. The zero-order valence-corrected chi connectivity index (χ0v) is 23.2. The first-order valence-corrected chi connectivity index (χ1v) is 13.8. The van der Waals surface area contributed by atoms with E-state index >= 15 is 0 Å². The van der Waals surface area contributed by atoms with Crippen LogP contribution in [0.25, 0.3) is 0 Å². The number of para-hydroxylation sites is 1. The van der Waals surface area contributed by atoms with Crippen LogP contribution in [-0.4, -0.2) is 50.9 Å². The van der Waals surface area contributed by atoms with Crippen molar-refractivity contribution in [2.24, 2.45) is 0 Å². The van der Waals surface area contributed by atoms with Gasteiger partial charge in [0.25, 0.3) is 10.0 Å². The first-order valence-electron chi connectivity index (χ1n) is 12.4. The van der Waals surface area contributed by atoms with Gasteiger partial charge in [-0.1, -0.05) is 48.0 Å². The van der Waals surface area contributed by atoms with Crippen LogP contribution in [0.2, 0.25) is 0 Å². The van der Waals surface area contributed by atoms with Crippen molar-refractivity contribution in [1.82, 2.24) is 10.2 Å². The number of carbonyl (C=O) groups is 2. The number of rotatable bonds is 11. The summed E-state index contributed by atoms with van der Waals surface area (Å²) in [6.07, 6.45) is 0. The minimum atomic E-state index is -4.12. The molecule has 0 aliphatic carbocycles. The van der Waals surface area contributed by atoms with Crippen LogP contribution in [0.4, 0.5) is 5.69 Å². The van der Waals surface area contributed by atoms with Gasteiger partial charge in [-0.15, -0.1) is 0 Å². The molecule has 1 atom stereocenters. The summed E-state index contributed by atoms with van der Waals surface area (Å²) in [6.45, 7) is 6.97. The Kier molecular flexibility index (Phi) is 9.52. The normalized spacial score (nSPS) is 12.1. The Morgan fingerprint density at radius 2 is 1.50 bits per heavy atom. The fraction of sp³-hybridized carbons (Fsp3) is 0.310. The largest absolute Gasteiger partial charge is 0.497 e. The summed E-state index contributed by atoms with van der Waals surface area (Å²) >= 11 is 0. The summed E-state index contributed by atoms with van der Waals surface area (Å²) in [6, 6.07) is 21.2. The van der Waals surface area contributed by atoms with Crippen molar-refractivity contribution in [3.63, 3.8) is 0 Å². The quantitative estimate of drug-likeness (QED) is 0.397. The molecule has 0 spiro atoms. The number of amides is 2. The maximum atomic E-state index is 13.8. The van der Waals surface area contributed by atoms with Gasteiger partial charge >= 0.3 is 0 Å². The molecule has 0 aromatic heterocycles. The monoisotopic (exact) mass is 537 g/mol. The van der Waals surface area contributed by atoms with Crippen molar-refractivity contribution in [2.75, 3.05) is 18.0 Å². The highest BCUT2D eigenvalue weighted by Crippen LogP contribution is 2.25. The lowest BCUT2D eigenvalue weighted by Gasteiger charge is -2.32. The van der Waals surface area contributed by atoms with E-state index in [1.165, 1.54) is 24.1 Å². The summed E-state index contributed by atoms with van der Waals surface area (Å²) < 4.78 is 33.8. The molecule has 0 saturated carbocycles. The van der Waals surface area contributed by atoms with Gasteiger partial charge in [-0.25, -0.2) is 8.42 Å². The second-order valence-corrected chi connectivity index (χ2v) is 11.2. The molecule has 0 aliphatic heterocycles. The molecule has 0 saturated heterocycles. The number of carbonyl (C=O) groups excluding carboxylic acids is 2. The van der Waals surface area contributed by atoms with Gasteiger partial charge in [0.05, 0.1) is 17.7 Å². The number of anilines is 1. The number of benzene rings is 3. The molecule has 1 N–H and O–H groups in total. The van der Waals surface area contributed by atoms with Gasteiger partial charge in [-0.3, -0.25) is 13.9 Å². The van der Waals surface area contributed by atoms with E-state index in [2.05, 4.69) is 5.32 Å². The van der Waals surface area contributed by atoms with Gasteiger partial charge < -0.3 is 15.0 Å². The Morgan fingerprint density at radius 1 is 0.895 bits per heavy atom. The molecule has 202 valence electrons. The van der Waals surface area contributed by atoms with Crippen molar-refractivity contribution >= 4 is 27.5 Å². The van der Waals surface area contributed by atoms with E-state index in [1.54, 1.807) is 49.4 Å². The number of ether oxygens (including phenoxy) is 1. The molecule has 0 fully saturated rings. The molecule has 3 aromatic carbocycles.